The van der Waals surface area contributed by atoms with Crippen LogP contribution in [0.3, 0.4) is 0 Å². The van der Waals surface area contributed by atoms with E-state index in [2.05, 4.69) is 70.3 Å². The number of ether oxygens (including phenoxy) is 1. The number of alkyl halides is 1. The third kappa shape index (κ3) is 7.77. The molecule has 0 heterocycles. The second-order valence-corrected chi connectivity index (χ2v) is 17.3. The maximum atomic E-state index is 11.5. The molecule has 0 radical (unpaired) electrons. The number of rotatable bonds is 11. The summed E-state index contributed by atoms with van der Waals surface area (Å²) in [6.45, 7) is 15.3. The Morgan fingerprint density at radius 1 is 1.11 bits per heavy atom. The summed E-state index contributed by atoms with van der Waals surface area (Å²) in [4.78, 5) is 22.9. The van der Waals surface area contributed by atoms with Crippen LogP contribution in [0.1, 0.15) is 83.8 Å². The van der Waals surface area contributed by atoms with Gasteiger partial charge in [0.2, 0.25) is 0 Å². The summed E-state index contributed by atoms with van der Waals surface area (Å²) < 4.78 is 11.7. The van der Waals surface area contributed by atoms with Gasteiger partial charge in [0.1, 0.15) is 6.29 Å². The van der Waals surface area contributed by atoms with Crippen molar-refractivity contribution in [2.75, 3.05) is 7.11 Å². The molecule has 196 valence electrons. The molecule has 0 bridgehead atoms. The minimum atomic E-state index is -1.98. The molecule has 1 fully saturated rings. The second kappa shape index (κ2) is 12.2. The second-order valence-electron chi connectivity index (χ2n) is 12.0. The van der Waals surface area contributed by atoms with Crippen molar-refractivity contribution in [1.82, 2.24) is 0 Å². The highest BCUT2D eigenvalue weighted by Gasteiger charge is 2.48. The number of carbonyl (C=O) groups excluding carboxylic acids is 2. The van der Waals surface area contributed by atoms with Crippen LogP contribution in [0.5, 0.6) is 0 Å². The van der Waals surface area contributed by atoms with Crippen molar-refractivity contribution in [3.63, 3.8) is 0 Å². The molecule has 0 aromatic heterocycles. The molecule has 1 aromatic rings. The Bertz CT molecular complexity index is 870. The molecular weight excluding hydrogens is 476 g/mol. The van der Waals surface area contributed by atoms with E-state index >= 15 is 0 Å². The Hall–Kier alpha value is -1.43. The first-order chi connectivity index (χ1) is 16.2. The van der Waals surface area contributed by atoms with Crippen LogP contribution in [-0.2, 0) is 24.2 Å². The number of esters is 1. The van der Waals surface area contributed by atoms with Gasteiger partial charge in [-0.1, -0.05) is 57.2 Å². The largest absolute Gasteiger partial charge is 0.469 e. The Morgan fingerprint density at radius 2 is 1.74 bits per heavy atom. The summed E-state index contributed by atoms with van der Waals surface area (Å²) in [6, 6.07) is 8.48. The van der Waals surface area contributed by atoms with Gasteiger partial charge >= 0.3 is 5.97 Å². The summed E-state index contributed by atoms with van der Waals surface area (Å²) in [5, 5.41) is 0.148. The Kier molecular flexibility index (Phi) is 10.4. The molecule has 35 heavy (non-hydrogen) atoms. The fourth-order valence-corrected chi connectivity index (χ4v) is 6.31. The third-order valence-electron chi connectivity index (χ3n) is 7.92. The smallest absolute Gasteiger partial charge is 0.305 e. The topological polar surface area (TPSA) is 52.6 Å². The van der Waals surface area contributed by atoms with Crippen molar-refractivity contribution >= 4 is 32.2 Å². The molecule has 0 N–H and O–H groups in total. The lowest BCUT2D eigenvalue weighted by Gasteiger charge is -2.40. The monoisotopic (exact) mass is 520 g/mol. The predicted octanol–water partition coefficient (Wildman–Crippen LogP) is 7.55. The number of benzene rings is 1. The lowest BCUT2D eigenvalue weighted by atomic mass is 9.82. The van der Waals surface area contributed by atoms with Crippen LogP contribution >= 0.6 is 11.6 Å². The molecule has 0 aliphatic heterocycles. The minimum absolute atomic E-state index is 0.0283. The summed E-state index contributed by atoms with van der Waals surface area (Å²) in [6.07, 6.45) is 9.22. The van der Waals surface area contributed by atoms with Crippen molar-refractivity contribution in [3.8, 4) is 0 Å². The quantitative estimate of drug-likeness (QED) is 0.0754. The van der Waals surface area contributed by atoms with E-state index in [0.717, 1.165) is 37.5 Å². The molecule has 1 unspecified atom stereocenters. The van der Waals surface area contributed by atoms with E-state index in [4.69, 9.17) is 20.8 Å². The van der Waals surface area contributed by atoms with Gasteiger partial charge in [0.15, 0.2) is 8.32 Å². The maximum absolute atomic E-state index is 11.5. The van der Waals surface area contributed by atoms with Crippen LogP contribution < -0.4 is 0 Å². The molecule has 0 amide bonds. The average molecular weight is 521 g/mol. The van der Waals surface area contributed by atoms with E-state index < -0.39 is 13.7 Å². The van der Waals surface area contributed by atoms with Gasteiger partial charge in [-0.25, -0.2) is 0 Å². The SMILES string of the molecule is COC(=O)CCCC=CCC1[C@H](Cl)C[C@@H](O[Si](C)(C)C(C)(C)C)[C@@H]1c1ccc(C(C)(C)C=O)cc1. The zero-order valence-electron chi connectivity index (χ0n) is 22.9. The normalized spacial score (nSPS) is 23.6. The molecule has 2 rings (SSSR count). The Morgan fingerprint density at radius 3 is 2.29 bits per heavy atom. The number of halogens is 1. The number of methoxy groups -OCH3 is 1. The summed E-state index contributed by atoms with van der Waals surface area (Å²) in [7, 11) is -0.556. The zero-order valence-corrected chi connectivity index (χ0v) is 24.7. The fraction of sp³-hybridized carbons (Fsp3) is 0.655. The number of carbonyl (C=O) groups is 2. The number of aldehydes is 1. The van der Waals surface area contributed by atoms with Crippen LogP contribution in [0.2, 0.25) is 18.1 Å². The molecular formula is C29H45ClO4Si. The summed E-state index contributed by atoms with van der Waals surface area (Å²) >= 11 is 6.98. The van der Waals surface area contributed by atoms with Crippen LogP contribution in [0.25, 0.3) is 0 Å². The van der Waals surface area contributed by atoms with Gasteiger partial charge in [-0.2, -0.15) is 0 Å². The third-order valence-corrected chi connectivity index (χ3v) is 12.9. The first-order valence-corrected chi connectivity index (χ1v) is 16.2. The van der Waals surface area contributed by atoms with Gasteiger partial charge in [0, 0.05) is 23.1 Å². The van der Waals surface area contributed by atoms with Gasteiger partial charge in [-0.3, -0.25) is 4.79 Å². The molecule has 6 heteroatoms. The lowest BCUT2D eigenvalue weighted by Crippen LogP contribution is -2.44. The van der Waals surface area contributed by atoms with Crippen LogP contribution in [0, 0.1) is 5.92 Å². The number of hydrogen-bond acceptors (Lipinski definition) is 4. The highest BCUT2D eigenvalue weighted by atomic mass is 35.5. The molecule has 1 aliphatic rings. The Balaban J connectivity index is 2.27. The molecule has 0 spiro atoms. The van der Waals surface area contributed by atoms with E-state index in [0.29, 0.717) is 6.42 Å². The lowest BCUT2D eigenvalue weighted by molar-refractivity contribution is -0.140. The van der Waals surface area contributed by atoms with Crippen molar-refractivity contribution in [3.05, 3.63) is 47.5 Å². The van der Waals surface area contributed by atoms with E-state index in [9.17, 15) is 9.59 Å². The molecule has 4 atom stereocenters. The van der Waals surface area contributed by atoms with E-state index in [1.54, 1.807) is 0 Å². The Labute approximate surface area is 218 Å². The average Bonchev–Trinajstić information content (AvgIpc) is 3.09. The van der Waals surface area contributed by atoms with Gasteiger partial charge in [0.25, 0.3) is 0 Å². The van der Waals surface area contributed by atoms with Gasteiger partial charge < -0.3 is 14.0 Å². The first-order valence-electron chi connectivity index (χ1n) is 12.8. The van der Waals surface area contributed by atoms with E-state index in [-0.39, 0.29) is 34.3 Å². The van der Waals surface area contributed by atoms with Gasteiger partial charge in [-0.05, 0) is 74.7 Å². The molecule has 0 saturated heterocycles. The highest BCUT2D eigenvalue weighted by molar-refractivity contribution is 6.74. The molecule has 4 nitrogen and oxygen atoms in total. The number of allylic oxidation sites excluding steroid dienone is 2. The molecule has 1 aliphatic carbocycles. The van der Waals surface area contributed by atoms with Gasteiger partial charge in [0.05, 0.1) is 13.2 Å². The van der Waals surface area contributed by atoms with Crippen molar-refractivity contribution in [2.24, 2.45) is 5.92 Å². The predicted molar refractivity (Wildman–Crippen MR) is 148 cm³/mol. The molecule has 1 aromatic carbocycles. The van der Waals surface area contributed by atoms with E-state index in [1.165, 1.54) is 12.7 Å². The zero-order chi connectivity index (χ0) is 26.4. The summed E-state index contributed by atoms with van der Waals surface area (Å²) in [5.74, 6) is 0.287. The van der Waals surface area contributed by atoms with E-state index in [1.807, 2.05) is 13.8 Å². The van der Waals surface area contributed by atoms with Crippen LogP contribution in [0.15, 0.2) is 36.4 Å². The van der Waals surface area contributed by atoms with Crippen molar-refractivity contribution in [2.45, 2.75) is 108 Å². The standard InChI is InChI=1S/C29H45ClO4Si/c1-28(2,3)35(7,8)34-25-19-24(30)23(13-11-9-10-12-14-26(32)33-6)27(25)21-15-17-22(18-16-21)29(4,5)20-31/h9,11,15-18,20,23-25,27H,10,12-14,19H2,1-8H3/t23?,24-,25-,27-/m1/s1. The van der Waals surface area contributed by atoms with Crippen LogP contribution in [0.4, 0.5) is 0 Å². The highest BCUT2D eigenvalue weighted by Crippen LogP contribution is 2.49. The maximum Gasteiger partial charge on any atom is 0.305 e. The number of unbranched alkanes of at least 4 members (excludes halogenated alkanes) is 1. The fourth-order valence-electron chi connectivity index (χ4n) is 4.52. The van der Waals surface area contributed by atoms with Crippen LogP contribution in [-0.4, -0.2) is 39.2 Å². The van der Waals surface area contributed by atoms with Crippen molar-refractivity contribution < 1.29 is 18.8 Å². The van der Waals surface area contributed by atoms with Gasteiger partial charge in [-0.15, -0.1) is 11.6 Å². The number of hydrogen-bond donors (Lipinski definition) is 0. The molecule has 1 saturated carbocycles. The minimum Gasteiger partial charge on any atom is -0.469 e. The summed E-state index contributed by atoms with van der Waals surface area (Å²) in [5.41, 5.74) is 1.74. The first kappa shape index (κ1) is 29.8. The van der Waals surface area contributed by atoms with Crippen molar-refractivity contribution in [1.29, 1.82) is 0 Å².